The fourth-order valence-electron chi connectivity index (χ4n) is 2.98. The molecule has 0 N–H and O–H groups in total. The van der Waals surface area contributed by atoms with E-state index in [-0.39, 0.29) is 23.5 Å². The summed E-state index contributed by atoms with van der Waals surface area (Å²) in [6.45, 7) is 2.27. The van der Waals surface area contributed by atoms with Crippen LogP contribution in [0.5, 0.6) is 0 Å². The molecule has 2 fully saturated rings. The van der Waals surface area contributed by atoms with E-state index in [4.69, 9.17) is 4.74 Å². The van der Waals surface area contributed by atoms with E-state index in [1.807, 2.05) is 11.9 Å². The van der Waals surface area contributed by atoms with Gasteiger partial charge in [0.2, 0.25) is 0 Å². The summed E-state index contributed by atoms with van der Waals surface area (Å²) < 4.78 is 28.5. The van der Waals surface area contributed by atoms with Crippen molar-refractivity contribution in [3.63, 3.8) is 0 Å². The number of carbonyl (C=O) groups excluding carboxylic acids is 1. The monoisotopic (exact) mass is 339 g/mol. The molecule has 1 amide bonds. The van der Waals surface area contributed by atoms with Crippen molar-refractivity contribution >= 4 is 21.4 Å². The third kappa shape index (κ3) is 3.64. The minimum atomic E-state index is -2.94. The first-order chi connectivity index (χ1) is 11.0. The zero-order chi connectivity index (χ0) is 16.4. The molecule has 23 heavy (non-hydrogen) atoms. The molecule has 2 saturated heterocycles. The Morgan fingerprint density at radius 3 is 2.74 bits per heavy atom. The Bertz CT molecular complexity index is 686. The van der Waals surface area contributed by atoms with E-state index >= 15 is 0 Å². The molecular weight excluding hydrogens is 318 g/mol. The number of amides is 1. The number of morpholine rings is 1. The van der Waals surface area contributed by atoms with Crippen molar-refractivity contribution in [3.05, 3.63) is 24.0 Å². The van der Waals surface area contributed by atoms with E-state index in [1.165, 1.54) is 0 Å². The SMILES string of the molecule is CN(c1cncc(C(=O)N2CCOCC2)c1)C1CCS(=O)(=O)C1. The van der Waals surface area contributed by atoms with Gasteiger partial charge in [0.15, 0.2) is 9.84 Å². The summed E-state index contributed by atoms with van der Waals surface area (Å²) in [4.78, 5) is 20.3. The van der Waals surface area contributed by atoms with Crippen molar-refractivity contribution in [3.8, 4) is 0 Å². The molecule has 0 aliphatic carbocycles. The van der Waals surface area contributed by atoms with E-state index in [1.54, 1.807) is 23.4 Å². The fourth-order valence-corrected chi connectivity index (χ4v) is 4.75. The second-order valence-electron chi connectivity index (χ2n) is 6.00. The summed E-state index contributed by atoms with van der Waals surface area (Å²) >= 11 is 0. The Balaban J connectivity index is 1.75. The maximum absolute atomic E-state index is 12.5. The molecule has 0 spiro atoms. The fraction of sp³-hybridized carbons (Fsp3) is 0.600. The molecule has 0 bridgehead atoms. The van der Waals surface area contributed by atoms with Crippen LogP contribution in [-0.4, -0.2) is 75.1 Å². The van der Waals surface area contributed by atoms with Gasteiger partial charge in [-0.1, -0.05) is 0 Å². The van der Waals surface area contributed by atoms with Crippen LogP contribution in [0.15, 0.2) is 18.5 Å². The van der Waals surface area contributed by atoms with Gasteiger partial charge in [-0.2, -0.15) is 0 Å². The van der Waals surface area contributed by atoms with Gasteiger partial charge >= 0.3 is 0 Å². The van der Waals surface area contributed by atoms with Gasteiger partial charge in [0.05, 0.1) is 42.2 Å². The van der Waals surface area contributed by atoms with E-state index in [2.05, 4.69) is 4.98 Å². The molecule has 3 rings (SSSR count). The van der Waals surface area contributed by atoms with Crippen LogP contribution in [-0.2, 0) is 14.6 Å². The summed E-state index contributed by atoms with van der Waals surface area (Å²) in [5.41, 5.74) is 1.29. The van der Waals surface area contributed by atoms with Gasteiger partial charge in [-0.15, -0.1) is 0 Å². The smallest absolute Gasteiger partial charge is 0.255 e. The van der Waals surface area contributed by atoms with E-state index < -0.39 is 9.84 Å². The van der Waals surface area contributed by atoms with Crippen LogP contribution in [0.3, 0.4) is 0 Å². The van der Waals surface area contributed by atoms with Crippen molar-refractivity contribution in [1.29, 1.82) is 0 Å². The molecule has 0 saturated carbocycles. The van der Waals surface area contributed by atoms with Crippen LogP contribution in [0, 0.1) is 0 Å². The van der Waals surface area contributed by atoms with Crippen molar-refractivity contribution in [2.75, 3.05) is 49.8 Å². The highest BCUT2D eigenvalue weighted by Gasteiger charge is 2.31. The molecule has 1 unspecified atom stereocenters. The van der Waals surface area contributed by atoms with Gasteiger partial charge in [-0.25, -0.2) is 8.42 Å². The molecule has 3 heterocycles. The Hall–Kier alpha value is -1.67. The van der Waals surface area contributed by atoms with Crippen LogP contribution in [0.2, 0.25) is 0 Å². The van der Waals surface area contributed by atoms with Gasteiger partial charge in [-0.05, 0) is 12.5 Å². The molecule has 2 aliphatic rings. The lowest BCUT2D eigenvalue weighted by atomic mass is 10.2. The first-order valence-corrected chi connectivity index (χ1v) is 9.54. The molecule has 0 aromatic carbocycles. The van der Waals surface area contributed by atoms with Gasteiger partial charge in [0, 0.05) is 32.4 Å². The first-order valence-electron chi connectivity index (χ1n) is 7.71. The Labute approximate surface area is 136 Å². The number of ether oxygens (including phenoxy) is 1. The van der Waals surface area contributed by atoms with Crippen LogP contribution in [0.25, 0.3) is 0 Å². The number of pyridine rings is 1. The first kappa shape index (κ1) is 16.2. The molecule has 1 aromatic heterocycles. The highest BCUT2D eigenvalue weighted by Crippen LogP contribution is 2.23. The second kappa shape index (κ2) is 6.45. The number of carbonyl (C=O) groups is 1. The lowest BCUT2D eigenvalue weighted by Gasteiger charge is -2.28. The molecule has 7 nitrogen and oxygen atoms in total. The summed E-state index contributed by atoms with van der Waals surface area (Å²) in [7, 11) is -1.09. The maximum Gasteiger partial charge on any atom is 0.255 e. The van der Waals surface area contributed by atoms with Gasteiger partial charge < -0.3 is 14.5 Å². The molecular formula is C15H21N3O4S. The molecule has 8 heteroatoms. The number of nitrogens with zero attached hydrogens (tertiary/aromatic N) is 3. The van der Waals surface area contributed by atoms with E-state index in [9.17, 15) is 13.2 Å². The van der Waals surface area contributed by atoms with E-state index in [0.717, 1.165) is 5.69 Å². The normalized spacial score (nSPS) is 23.7. The minimum absolute atomic E-state index is 0.0597. The van der Waals surface area contributed by atoms with Gasteiger partial charge in [-0.3, -0.25) is 9.78 Å². The maximum atomic E-state index is 12.5. The quantitative estimate of drug-likeness (QED) is 0.781. The van der Waals surface area contributed by atoms with Crippen LogP contribution in [0.4, 0.5) is 5.69 Å². The molecule has 0 radical (unpaired) electrons. The summed E-state index contributed by atoms with van der Waals surface area (Å²) in [6.07, 6.45) is 3.84. The largest absolute Gasteiger partial charge is 0.378 e. The number of aromatic nitrogens is 1. The Kier molecular flexibility index (Phi) is 4.54. The zero-order valence-corrected chi connectivity index (χ0v) is 14.0. The average molecular weight is 339 g/mol. The molecule has 126 valence electrons. The lowest BCUT2D eigenvalue weighted by Crippen LogP contribution is -2.40. The Morgan fingerprint density at radius 1 is 1.35 bits per heavy atom. The summed E-state index contributed by atoms with van der Waals surface area (Å²) in [5.74, 6) is 0.322. The van der Waals surface area contributed by atoms with Gasteiger partial charge in [0.1, 0.15) is 0 Å². The minimum Gasteiger partial charge on any atom is -0.378 e. The molecule has 2 aliphatic heterocycles. The average Bonchev–Trinajstić information content (AvgIpc) is 2.94. The number of rotatable bonds is 3. The van der Waals surface area contributed by atoms with Crippen molar-refractivity contribution < 1.29 is 17.9 Å². The van der Waals surface area contributed by atoms with Crippen LogP contribution >= 0.6 is 0 Å². The third-order valence-electron chi connectivity index (χ3n) is 4.43. The number of anilines is 1. The predicted octanol–water partition coefficient (Wildman–Crippen LogP) is 0.177. The highest BCUT2D eigenvalue weighted by molar-refractivity contribution is 7.91. The predicted molar refractivity (Wildman–Crippen MR) is 86.4 cm³/mol. The Morgan fingerprint density at radius 2 is 2.09 bits per heavy atom. The number of hydrogen-bond donors (Lipinski definition) is 0. The topological polar surface area (TPSA) is 79.8 Å². The van der Waals surface area contributed by atoms with Crippen molar-refractivity contribution in [2.45, 2.75) is 12.5 Å². The summed E-state index contributed by atoms with van der Waals surface area (Å²) in [6, 6.07) is 1.73. The van der Waals surface area contributed by atoms with E-state index in [0.29, 0.717) is 38.3 Å². The van der Waals surface area contributed by atoms with Gasteiger partial charge in [0.25, 0.3) is 5.91 Å². The number of sulfone groups is 1. The van der Waals surface area contributed by atoms with Crippen molar-refractivity contribution in [1.82, 2.24) is 9.88 Å². The van der Waals surface area contributed by atoms with Crippen LogP contribution in [0.1, 0.15) is 16.8 Å². The lowest BCUT2D eigenvalue weighted by molar-refractivity contribution is 0.0302. The molecule has 1 atom stereocenters. The highest BCUT2D eigenvalue weighted by atomic mass is 32.2. The van der Waals surface area contributed by atoms with Crippen molar-refractivity contribution in [2.24, 2.45) is 0 Å². The molecule has 1 aromatic rings. The standard InChI is InChI=1S/C15H21N3O4S/c1-17(13-2-7-23(20,21)11-13)14-8-12(9-16-10-14)15(19)18-3-5-22-6-4-18/h8-10,13H,2-7,11H2,1H3. The second-order valence-corrected chi connectivity index (χ2v) is 8.23. The number of hydrogen-bond acceptors (Lipinski definition) is 6. The third-order valence-corrected chi connectivity index (χ3v) is 6.18. The zero-order valence-electron chi connectivity index (χ0n) is 13.1. The summed E-state index contributed by atoms with van der Waals surface area (Å²) in [5, 5.41) is 0. The van der Waals surface area contributed by atoms with Crippen LogP contribution < -0.4 is 4.90 Å².